The fourth-order valence-electron chi connectivity index (χ4n) is 3.85. The van der Waals surface area contributed by atoms with Crippen LogP contribution in [0.15, 0.2) is 60.8 Å². The number of anilines is 2. The van der Waals surface area contributed by atoms with Gasteiger partial charge >= 0.3 is 0 Å². The van der Waals surface area contributed by atoms with E-state index >= 15 is 0 Å². The lowest BCUT2D eigenvalue weighted by molar-refractivity contribution is -0.385. The van der Waals surface area contributed by atoms with Gasteiger partial charge in [-0.15, -0.1) is 0 Å². The number of benzene rings is 2. The number of aromatic nitrogens is 1. The van der Waals surface area contributed by atoms with E-state index < -0.39 is 10.7 Å². The lowest BCUT2D eigenvalue weighted by atomic mass is 10.0. The lowest BCUT2D eigenvalue weighted by Crippen LogP contribution is -2.47. The Balaban J connectivity index is 1.43. The zero-order valence-electron chi connectivity index (χ0n) is 19.4. The van der Waals surface area contributed by atoms with Gasteiger partial charge in [-0.25, -0.2) is 9.37 Å². The number of hydrogen-bond donors (Lipinski definition) is 0. The summed E-state index contributed by atoms with van der Waals surface area (Å²) < 4.78 is 25.9. The SMILES string of the molecule is CCN(c1ccc(Oc2ccc(CC3COCC(=O)N3C)cc2)c(F)c1)c1ccc([N+](=O)[O-])cn1. The molecule has 0 spiro atoms. The normalized spacial score (nSPS) is 15.7. The van der Waals surface area contributed by atoms with Crippen molar-refractivity contribution in [1.29, 1.82) is 0 Å². The smallest absolute Gasteiger partial charge is 0.287 e. The van der Waals surface area contributed by atoms with Crippen molar-refractivity contribution in [2.24, 2.45) is 0 Å². The fourth-order valence-corrected chi connectivity index (χ4v) is 3.85. The summed E-state index contributed by atoms with van der Waals surface area (Å²) in [5, 5.41) is 10.9. The van der Waals surface area contributed by atoms with Crippen molar-refractivity contribution < 1.29 is 23.6 Å². The summed E-state index contributed by atoms with van der Waals surface area (Å²) in [5.74, 6) is 0.435. The van der Waals surface area contributed by atoms with E-state index in [0.29, 0.717) is 36.8 Å². The summed E-state index contributed by atoms with van der Waals surface area (Å²) in [6.45, 7) is 2.96. The van der Waals surface area contributed by atoms with Crippen LogP contribution in [0.2, 0.25) is 0 Å². The molecule has 1 aliphatic heterocycles. The molecular formula is C25H25FN4O5. The van der Waals surface area contributed by atoms with Crippen LogP contribution < -0.4 is 9.64 Å². The Morgan fingerprint density at radius 1 is 1.23 bits per heavy atom. The first-order chi connectivity index (χ1) is 16.9. The van der Waals surface area contributed by atoms with Crippen LogP contribution in [0.25, 0.3) is 0 Å². The van der Waals surface area contributed by atoms with Crippen LogP contribution in [-0.2, 0) is 16.0 Å². The van der Waals surface area contributed by atoms with Crippen molar-refractivity contribution >= 4 is 23.1 Å². The van der Waals surface area contributed by atoms with Crippen molar-refractivity contribution in [1.82, 2.24) is 9.88 Å². The molecule has 1 fully saturated rings. The number of carbonyl (C=O) groups excluding carboxylic acids is 1. The molecule has 3 aromatic rings. The largest absolute Gasteiger partial charge is 0.454 e. The first kappa shape index (κ1) is 24.1. The van der Waals surface area contributed by atoms with E-state index in [9.17, 15) is 19.3 Å². The summed E-state index contributed by atoms with van der Waals surface area (Å²) in [6.07, 6.45) is 1.82. The van der Waals surface area contributed by atoms with Gasteiger partial charge in [-0.3, -0.25) is 14.9 Å². The Morgan fingerprint density at radius 2 is 2.00 bits per heavy atom. The zero-order valence-corrected chi connectivity index (χ0v) is 19.4. The maximum absolute atomic E-state index is 14.9. The molecule has 0 radical (unpaired) electrons. The Morgan fingerprint density at radius 3 is 2.63 bits per heavy atom. The molecule has 182 valence electrons. The molecule has 2 aromatic carbocycles. The monoisotopic (exact) mass is 480 g/mol. The van der Waals surface area contributed by atoms with Crippen LogP contribution in [-0.4, -0.2) is 53.6 Å². The average molecular weight is 480 g/mol. The molecule has 2 heterocycles. The average Bonchev–Trinajstić information content (AvgIpc) is 2.85. The van der Waals surface area contributed by atoms with Gasteiger partial charge in [0.15, 0.2) is 11.6 Å². The van der Waals surface area contributed by atoms with Gasteiger partial charge in [0.1, 0.15) is 24.4 Å². The first-order valence-electron chi connectivity index (χ1n) is 11.1. The van der Waals surface area contributed by atoms with Gasteiger partial charge in [-0.1, -0.05) is 12.1 Å². The van der Waals surface area contributed by atoms with Gasteiger partial charge in [0.2, 0.25) is 5.91 Å². The maximum atomic E-state index is 14.9. The molecule has 1 amide bonds. The summed E-state index contributed by atoms with van der Waals surface area (Å²) in [5.41, 5.74) is 1.44. The molecule has 1 aliphatic rings. The molecule has 35 heavy (non-hydrogen) atoms. The summed E-state index contributed by atoms with van der Waals surface area (Å²) >= 11 is 0. The number of morpholine rings is 1. The van der Waals surface area contributed by atoms with Gasteiger partial charge in [0.25, 0.3) is 5.69 Å². The number of ether oxygens (including phenoxy) is 2. The lowest BCUT2D eigenvalue weighted by Gasteiger charge is -2.32. The van der Waals surface area contributed by atoms with Gasteiger partial charge in [-0.2, -0.15) is 0 Å². The van der Waals surface area contributed by atoms with E-state index in [1.165, 1.54) is 30.5 Å². The molecule has 1 unspecified atom stereocenters. The minimum absolute atomic E-state index is 0.0280. The highest BCUT2D eigenvalue weighted by atomic mass is 19.1. The second kappa shape index (κ2) is 10.5. The Labute approximate surface area is 201 Å². The van der Waals surface area contributed by atoms with Gasteiger partial charge in [0, 0.05) is 31.4 Å². The topological polar surface area (TPSA) is 98.0 Å². The van der Waals surface area contributed by atoms with Crippen LogP contribution in [0.1, 0.15) is 12.5 Å². The third-order valence-corrected chi connectivity index (χ3v) is 5.86. The Kier molecular flexibility index (Phi) is 7.21. The highest BCUT2D eigenvalue weighted by Crippen LogP contribution is 2.31. The van der Waals surface area contributed by atoms with E-state index in [1.54, 1.807) is 35.0 Å². The molecule has 4 rings (SSSR count). The minimum Gasteiger partial charge on any atom is -0.454 e. The molecule has 1 aromatic heterocycles. The van der Waals surface area contributed by atoms with Crippen molar-refractivity contribution in [3.05, 3.63) is 82.3 Å². The van der Waals surface area contributed by atoms with Crippen molar-refractivity contribution in [3.63, 3.8) is 0 Å². The van der Waals surface area contributed by atoms with E-state index in [4.69, 9.17) is 9.47 Å². The predicted octanol–water partition coefficient (Wildman–Crippen LogP) is 4.48. The highest BCUT2D eigenvalue weighted by molar-refractivity contribution is 5.78. The molecule has 0 aliphatic carbocycles. The number of pyridine rings is 1. The highest BCUT2D eigenvalue weighted by Gasteiger charge is 2.25. The maximum Gasteiger partial charge on any atom is 0.287 e. The van der Waals surface area contributed by atoms with Crippen LogP contribution in [0.5, 0.6) is 11.5 Å². The second-order valence-corrected chi connectivity index (χ2v) is 8.11. The standard InChI is InChI=1S/C25H25FN4O5/c1-3-29(24-11-7-19(14-27-24)30(32)33)18-6-10-23(22(26)13-18)35-21-8-4-17(5-9-21)12-20-15-34-16-25(31)28(20)2/h4-11,13-14,20H,3,12,15-16H2,1-2H3. The van der Waals surface area contributed by atoms with Crippen molar-refractivity contribution in [2.45, 2.75) is 19.4 Å². The van der Waals surface area contributed by atoms with E-state index in [0.717, 1.165) is 5.56 Å². The molecule has 0 N–H and O–H groups in total. The second-order valence-electron chi connectivity index (χ2n) is 8.11. The quantitative estimate of drug-likeness (QED) is 0.346. The zero-order chi connectivity index (χ0) is 24.9. The fraction of sp³-hybridized carbons (Fsp3) is 0.280. The van der Waals surface area contributed by atoms with Crippen LogP contribution in [0.4, 0.5) is 21.6 Å². The van der Waals surface area contributed by atoms with Crippen LogP contribution in [0, 0.1) is 15.9 Å². The number of halogens is 1. The summed E-state index contributed by atoms with van der Waals surface area (Å²) in [4.78, 5) is 29.7. The predicted molar refractivity (Wildman–Crippen MR) is 128 cm³/mol. The molecular weight excluding hydrogens is 455 g/mol. The minimum atomic E-state index is -0.550. The number of rotatable bonds is 8. The van der Waals surface area contributed by atoms with E-state index in [2.05, 4.69) is 4.98 Å². The molecule has 0 saturated carbocycles. The number of amides is 1. The number of carbonyl (C=O) groups is 1. The van der Waals surface area contributed by atoms with Gasteiger partial charge in [-0.05, 0) is 49.2 Å². The third kappa shape index (κ3) is 5.55. The first-order valence-corrected chi connectivity index (χ1v) is 11.1. The van der Waals surface area contributed by atoms with Crippen LogP contribution >= 0.6 is 0 Å². The molecule has 10 heteroatoms. The number of hydrogen-bond acceptors (Lipinski definition) is 7. The Hall–Kier alpha value is -4.05. The number of nitro groups is 1. The summed E-state index contributed by atoms with van der Waals surface area (Å²) in [6, 6.07) is 14.7. The van der Waals surface area contributed by atoms with E-state index in [1.807, 2.05) is 19.1 Å². The number of likely N-dealkylation sites (N-methyl/N-ethyl adjacent to an activating group) is 1. The van der Waals surface area contributed by atoms with Gasteiger partial charge in [0.05, 0.1) is 17.6 Å². The molecule has 1 atom stereocenters. The third-order valence-electron chi connectivity index (χ3n) is 5.86. The molecule has 1 saturated heterocycles. The van der Waals surface area contributed by atoms with Crippen molar-refractivity contribution in [2.75, 3.05) is 31.7 Å². The summed E-state index contributed by atoms with van der Waals surface area (Å²) in [7, 11) is 1.77. The Bertz CT molecular complexity index is 1200. The van der Waals surface area contributed by atoms with E-state index in [-0.39, 0.29) is 30.0 Å². The van der Waals surface area contributed by atoms with Crippen LogP contribution in [0.3, 0.4) is 0 Å². The van der Waals surface area contributed by atoms with Gasteiger partial charge < -0.3 is 19.3 Å². The number of nitrogens with zero attached hydrogens (tertiary/aromatic N) is 4. The van der Waals surface area contributed by atoms with Crippen molar-refractivity contribution in [3.8, 4) is 11.5 Å². The molecule has 0 bridgehead atoms. The molecule has 9 nitrogen and oxygen atoms in total.